The molecule has 2 N–H and O–H groups in total. The monoisotopic (exact) mass is 398 g/mol. The molecule has 3 rings (SSSR count). The molecule has 0 aromatic carbocycles. The molecule has 29 heavy (non-hydrogen) atoms. The number of hydroxylamine groups is 2. The summed E-state index contributed by atoms with van der Waals surface area (Å²) < 4.78 is 0. The van der Waals surface area contributed by atoms with Crippen LogP contribution in [0.2, 0.25) is 0 Å². The number of hydrogen-bond acceptors (Lipinski definition) is 6. The number of aliphatic carboxylic acids is 1. The Balaban J connectivity index is 1.41. The van der Waals surface area contributed by atoms with E-state index >= 15 is 0 Å². The van der Waals surface area contributed by atoms with Crippen molar-refractivity contribution in [2.75, 3.05) is 6.54 Å². The number of rotatable bonds is 10. The molecule has 3 heterocycles. The van der Waals surface area contributed by atoms with Gasteiger partial charge in [-0.25, -0.2) is 15.0 Å². The molecule has 1 atom stereocenters. The van der Waals surface area contributed by atoms with Crippen LogP contribution in [0.3, 0.4) is 0 Å². The second kappa shape index (κ2) is 10.3. The molecule has 1 aromatic heterocycles. The van der Waals surface area contributed by atoms with Gasteiger partial charge in [-0.05, 0) is 62.2 Å². The number of hydrogen-bond donors (Lipinski definition) is 2. The first-order chi connectivity index (χ1) is 14.0. The molecule has 0 spiro atoms. The van der Waals surface area contributed by atoms with Gasteiger partial charge in [0, 0.05) is 24.6 Å². The third-order valence-corrected chi connectivity index (χ3v) is 5.53. The molecule has 156 valence electrons. The van der Waals surface area contributed by atoms with Crippen molar-refractivity contribution in [2.24, 2.45) is 4.99 Å². The standard InChI is InChI=1S/C22H30N4O3/c1-16-24-14-19(15-25-16)18(13-21(27)28)7-4-2-3-5-9-20-11-10-17-8-6-12-23-22(17)26(20)29/h10-11,14-15,18,29H,2-9,12-13H2,1H3,(H,27,28). The molecular weight excluding hydrogens is 368 g/mol. The van der Waals surface area contributed by atoms with Gasteiger partial charge in [0.05, 0.1) is 6.42 Å². The van der Waals surface area contributed by atoms with Crippen molar-refractivity contribution in [3.63, 3.8) is 0 Å². The van der Waals surface area contributed by atoms with Crippen molar-refractivity contribution in [1.82, 2.24) is 15.0 Å². The number of carboxylic acid groups (broad SMARTS) is 1. The van der Waals surface area contributed by atoms with E-state index in [0.29, 0.717) is 11.7 Å². The molecule has 0 saturated heterocycles. The normalized spacial score (nSPS) is 17.2. The zero-order chi connectivity index (χ0) is 20.6. The maximum absolute atomic E-state index is 11.2. The van der Waals surface area contributed by atoms with Crippen LogP contribution in [0.4, 0.5) is 0 Å². The highest BCUT2D eigenvalue weighted by Gasteiger charge is 2.23. The van der Waals surface area contributed by atoms with Crippen LogP contribution < -0.4 is 0 Å². The van der Waals surface area contributed by atoms with E-state index in [0.717, 1.165) is 74.7 Å². The number of aromatic nitrogens is 2. The zero-order valence-corrected chi connectivity index (χ0v) is 17.0. The Morgan fingerprint density at radius 3 is 2.69 bits per heavy atom. The minimum Gasteiger partial charge on any atom is -0.481 e. The molecule has 0 fully saturated rings. The summed E-state index contributed by atoms with van der Waals surface area (Å²) in [6.07, 6.45) is 15.3. The lowest BCUT2D eigenvalue weighted by Crippen LogP contribution is -2.32. The highest BCUT2D eigenvalue weighted by Crippen LogP contribution is 2.27. The summed E-state index contributed by atoms with van der Waals surface area (Å²) in [6, 6.07) is 0. The number of allylic oxidation sites excluding steroid dienone is 3. The molecule has 7 heteroatoms. The predicted molar refractivity (Wildman–Crippen MR) is 111 cm³/mol. The molecule has 2 aliphatic heterocycles. The largest absolute Gasteiger partial charge is 0.481 e. The van der Waals surface area contributed by atoms with E-state index in [-0.39, 0.29) is 12.3 Å². The summed E-state index contributed by atoms with van der Waals surface area (Å²) in [4.78, 5) is 24.0. The van der Waals surface area contributed by atoms with Gasteiger partial charge in [-0.2, -0.15) is 0 Å². The quantitative estimate of drug-likeness (QED) is 0.567. The Bertz CT molecular complexity index is 799. The highest BCUT2D eigenvalue weighted by molar-refractivity contribution is 6.00. The first kappa shape index (κ1) is 21.2. The summed E-state index contributed by atoms with van der Waals surface area (Å²) in [5.41, 5.74) is 2.92. The lowest BCUT2D eigenvalue weighted by Gasteiger charge is -2.29. The van der Waals surface area contributed by atoms with E-state index in [9.17, 15) is 15.1 Å². The minimum atomic E-state index is -0.791. The first-order valence-electron chi connectivity index (χ1n) is 10.5. The topological polar surface area (TPSA) is 98.9 Å². The molecule has 0 aliphatic carbocycles. The fourth-order valence-corrected chi connectivity index (χ4v) is 3.88. The second-order valence-electron chi connectivity index (χ2n) is 7.78. The Hall–Kier alpha value is -2.54. The van der Waals surface area contributed by atoms with E-state index in [2.05, 4.69) is 21.0 Å². The van der Waals surface area contributed by atoms with Gasteiger partial charge in [-0.3, -0.25) is 15.0 Å². The lowest BCUT2D eigenvalue weighted by atomic mass is 9.92. The Labute approximate surface area is 171 Å². The van der Waals surface area contributed by atoms with Crippen LogP contribution in [0, 0.1) is 6.92 Å². The summed E-state index contributed by atoms with van der Waals surface area (Å²) in [7, 11) is 0. The third kappa shape index (κ3) is 5.97. The fraction of sp³-hybridized carbons (Fsp3) is 0.545. The van der Waals surface area contributed by atoms with E-state index in [1.165, 1.54) is 5.06 Å². The van der Waals surface area contributed by atoms with Crippen LogP contribution in [0.15, 0.2) is 40.8 Å². The number of aliphatic imine (C=N–C) groups is 1. The van der Waals surface area contributed by atoms with Gasteiger partial charge in [0.15, 0.2) is 5.84 Å². The average molecular weight is 399 g/mol. The molecule has 2 aliphatic rings. The third-order valence-electron chi connectivity index (χ3n) is 5.53. The molecular formula is C22H30N4O3. The van der Waals surface area contributed by atoms with Crippen LogP contribution in [-0.4, -0.2) is 43.7 Å². The smallest absolute Gasteiger partial charge is 0.303 e. The zero-order valence-electron chi connectivity index (χ0n) is 17.0. The molecule has 1 aromatic rings. The first-order valence-corrected chi connectivity index (χ1v) is 10.5. The SMILES string of the molecule is Cc1ncc(C(CCCCCCC2=CC=C3CCCN=C3N2O)CC(=O)O)cn1. The Morgan fingerprint density at radius 1 is 1.17 bits per heavy atom. The number of fused-ring (bicyclic) bond motifs is 1. The van der Waals surface area contributed by atoms with Crippen LogP contribution in [0.1, 0.15) is 75.1 Å². The number of nitrogens with zero attached hydrogens (tertiary/aromatic N) is 4. The average Bonchev–Trinajstić information content (AvgIpc) is 2.71. The summed E-state index contributed by atoms with van der Waals surface area (Å²) >= 11 is 0. The summed E-state index contributed by atoms with van der Waals surface area (Å²) in [5, 5.41) is 20.9. The number of aryl methyl sites for hydroxylation is 1. The number of carboxylic acids is 1. The van der Waals surface area contributed by atoms with Gasteiger partial charge < -0.3 is 5.11 Å². The number of carbonyl (C=O) groups is 1. The number of amidine groups is 1. The van der Waals surface area contributed by atoms with E-state index in [1.807, 2.05) is 13.0 Å². The van der Waals surface area contributed by atoms with Gasteiger partial charge in [0.25, 0.3) is 0 Å². The van der Waals surface area contributed by atoms with Crippen molar-refractivity contribution in [2.45, 2.75) is 70.6 Å². The van der Waals surface area contributed by atoms with Gasteiger partial charge in [-0.1, -0.05) is 25.3 Å². The summed E-state index contributed by atoms with van der Waals surface area (Å²) in [6.45, 7) is 2.60. The second-order valence-corrected chi connectivity index (χ2v) is 7.78. The van der Waals surface area contributed by atoms with E-state index < -0.39 is 5.97 Å². The summed E-state index contributed by atoms with van der Waals surface area (Å²) in [5.74, 6) is 0.570. The van der Waals surface area contributed by atoms with Gasteiger partial charge >= 0.3 is 5.97 Å². The van der Waals surface area contributed by atoms with E-state index in [4.69, 9.17) is 0 Å². The maximum Gasteiger partial charge on any atom is 0.303 e. The predicted octanol–water partition coefficient (Wildman–Crippen LogP) is 4.39. The van der Waals surface area contributed by atoms with Gasteiger partial charge in [0.2, 0.25) is 0 Å². The van der Waals surface area contributed by atoms with Crippen molar-refractivity contribution in [3.05, 3.63) is 47.2 Å². The minimum absolute atomic E-state index is 0.0463. The molecule has 0 amide bonds. The lowest BCUT2D eigenvalue weighted by molar-refractivity contribution is -0.137. The molecule has 0 bridgehead atoms. The Morgan fingerprint density at radius 2 is 1.93 bits per heavy atom. The van der Waals surface area contributed by atoms with E-state index in [1.54, 1.807) is 12.4 Å². The van der Waals surface area contributed by atoms with Crippen LogP contribution in [0.5, 0.6) is 0 Å². The molecule has 7 nitrogen and oxygen atoms in total. The van der Waals surface area contributed by atoms with Crippen LogP contribution >= 0.6 is 0 Å². The molecule has 0 radical (unpaired) electrons. The van der Waals surface area contributed by atoms with Crippen molar-refractivity contribution in [3.8, 4) is 0 Å². The van der Waals surface area contributed by atoms with Gasteiger partial charge in [-0.15, -0.1) is 0 Å². The van der Waals surface area contributed by atoms with Gasteiger partial charge in [0.1, 0.15) is 5.82 Å². The van der Waals surface area contributed by atoms with Crippen LogP contribution in [0.25, 0.3) is 0 Å². The van der Waals surface area contributed by atoms with Crippen molar-refractivity contribution in [1.29, 1.82) is 0 Å². The van der Waals surface area contributed by atoms with Crippen LogP contribution in [-0.2, 0) is 4.79 Å². The maximum atomic E-state index is 11.2. The molecule has 0 saturated carbocycles. The molecule has 1 unspecified atom stereocenters. The van der Waals surface area contributed by atoms with Crippen molar-refractivity contribution >= 4 is 11.8 Å². The Kier molecular flexibility index (Phi) is 7.52. The fourth-order valence-electron chi connectivity index (χ4n) is 3.88. The van der Waals surface area contributed by atoms with Crippen molar-refractivity contribution < 1.29 is 15.1 Å². The number of unbranched alkanes of at least 4 members (excludes halogenated alkanes) is 3. The highest BCUT2D eigenvalue weighted by atomic mass is 16.5.